The number of nitrogens with zero attached hydrogens (tertiary/aromatic N) is 3. The molecule has 0 aliphatic carbocycles. The molecule has 1 saturated heterocycles. The van der Waals surface area contributed by atoms with E-state index in [1.165, 1.54) is 0 Å². The lowest BCUT2D eigenvalue weighted by Crippen LogP contribution is -2.31. The monoisotopic (exact) mass is 299 g/mol. The number of benzene rings is 1. The van der Waals surface area contributed by atoms with Gasteiger partial charge < -0.3 is 9.64 Å². The van der Waals surface area contributed by atoms with Gasteiger partial charge in [0, 0.05) is 25.4 Å². The van der Waals surface area contributed by atoms with Gasteiger partial charge in [0.2, 0.25) is 5.91 Å². The minimum atomic E-state index is 0.111. The van der Waals surface area contributed by atoms with Crippen LogP contribution in [-0.2, 0) is 18.3 Å². The zero-order chi connectivity index (χ0) is 15.5. The van der Waals surface area contributed by atoms with Crippen LogP contribution in [0.25, 0.3) is 0 Å². The smallest absolute Gasteiger partial charge is 0.227 e. The molecule has 22 heavy (non-hydrogen) atoms. The molecule has 116 valence electrons. The molecule has 0 radical (unpaired) electrons. The van der Waals surface area contributed by atoms with Crippen LogP contribution >= 0.6 is 0 Å². The molecule has 0 bridgehead atoms. The number of aryl methyl sites for hydroxylation is 1. The maximum absolute atomic E-state index is 12.7. The Morgan fingerprint density at radius 1 is 1.41 bits per heavy atom. The molecule has 3 rings (SSSR count). The number of likely N-dealkylation sites (tertiary alicyclic amines) is 1. The number of rotatable bonds is 4. The summed E-state index contributed by atoms with van der Waals surface area (Å²) in [5, 5.41) is 4.13. The van der Waals surface area contributed by atoms with Crippen molar-refractivity contribution in [2.24, 2.45) is 7.05 Å². The van der Waals surface area contributed by atoms with Gasteiger partial charge in [0.05, 0.1) is 25.8 Å². The van der Waals surface area contributed by atoms with Gasteiger partial charge in [-0.25, -0.2) is 0 Å². The van der Waals surface area contributed by atoms with E-state index in [1.807, 2.05) is 36.3 Å². The Morgan fingerprint density at radius 2 is 2.23 bits per heavy atom. The summed E-state index contributed by atoms with van der Waals surface area (Å²) in [5.74, 6) is 1.01. The fraction of sp³-hybridized carbons (Fsp3) is 0.412. The molecule has 5 nitrogen and oxygen atoms in total. The summed E-state index contributed by atoms with van der Waals surface area (Å²) in [6.07, 6.45) is 6.07. The van der Waals surface area contributed by atoms with Crippen LogP contribution in [0.1, 0.15) is 30.0 Å². The van der Waals surface area contributed by atoms with Gasteiger partial charge in [0.1, 0.15) is 5.75 Å². The highest BCUT2D eigenvalue weighted by atomic mass is 16.5. The van der Waals surface area contributed by atoms with E-state index in [0.717, 1.165) is 36.3 Å². The third kappa shape index (κ3) is 2.84. The molecule has 2 heterocycles. The first-order chi connectivity index (χ1) is 10.7. The summed E-state index contributed by atoms with van der Waals surface area (Å²) in [6, 6.07) is 8.08. The Kier molecular flexibility index (Phi) is 4.13. The number of ether oxygens (including phenoxy) is 1. The minimum Gasteiger partial charge on any atom is -0.496 e. The molecule has 1 atom stereocenters. The van der Waals surface area contributed by atoms with Gasteiger partial charge in [-0.3, -0.25) is 9.48 Å². The average molecular weight is 299 g/mol. The second kappa shape index (κ2) is 6.22. The second-order valence-electron chi connectivity index (χ2n) is 5.69. The third-order valence-electron chi connectivity index (χ3n) is 4.18. The molecule has 2 aromatic rings. The number of hydrogen-bond acceptors (Lipinski definition) is 3. The van der Waals surface area contributed by atoms with Crippen LogP contribution < -0.4 is 4.74 Å². The number of hydrogen-bond donors (Lipinski definition) is 0. The number of carbonyl (C=O) groups is 1. The topological polar surface area (TPSA) is 47.4 Å². The van der Waals surface area contributed by atoms with E-state index in [1.54, 1.807) is 18.0 Å². The van der Waals surface area contributed by atoms with Crippen LogP contribution in [0.4, 0.5) is 0 Å². The lowest BCUT2D eigenvalue weighted by molar-refractivity contribution is -0.131. The van der Waals surface area contributed by atoms with Crippen LogP contribution in [0.5, 0.6) is 5.75 Å². The number of methoxy groups -OCH3 is 1. The molecule has 1 amide bonds. The maximum atomic E-state index is 12.7. The molecule has 0 N–H and O–H groups in total. The van der Waals surface area contributed by atoms with E-state index in [0.29, 0.717) is 6.42 Å². The fourth-order valence-corrected chi connectivity index (χ4v) is 3.17. The molecule has 0 spiro atoms. The molecule has 1 aliphatic rings. The van der Waals surface area contributed by atoms with E-state index < -0.39 is 0 Å². The van der Waals surface area contributed by atoms with E-state index in [2.05, 4.69) is 11.2 Å². The van der Waals surface area contributed by atoms with Gasteiger partial charge in [-0.1, -0.05) is 18.2 Å². The van der Waals surface area contributed by atoms with Gasteiger partial charge in [-0.2, -0.15) is 5.10 Å². The van der Waals surface area contributed by atoms with E-state index >= 15 is 0 Å². The van der Waals surface area contributed by atoms with E-state index in [4.69, 9.17) is 4.74 Å². The average Bonchev–Trinajstić information content (AvgIpc) is 3.16. The zero-order valence-electron chi connectivity index (χ0n) is 13.0. The van der Waals surface area contributed by atoms with Gasteiger partial charge >= 0.3 is 0 Å². The van der Waals surface area contributed by atoms with Crippen molar-refractivity contribution in [3.05, 3.63) is 47.8 Å². The molecule has 5 heteroatoms. The lowest BCUT2D eigenvalue weighted by Gasteiger charge is -2.26. The highest BCUT2D eigenvalue weighted by molar-refractivity contribution is 5.79. The molecule has 0 unspecified atom stereocenters. The number of carbonyl (C=O) groups excluding carboxylic acids is 1. The largest absolute Gasteiger partial charge is 0.496 e. The predicted octanol–water partition coefficient (Wildman–Crippen LogP) is 2.33. The van der Waals surface area contributed by atoms with Crippen molar-refractivity contribution in [2.45, 2.75) is 25.3 Å². The molecular weight excluding hydrogens is 278 g/mol. The van der Waals surface area contributed by atoms with E-state index in [9.17, 15) is 4.79 Å². The summed E-state index contributed by atoms with van der Waals surface area (Å²) in [5.41, 5.74) is 2.06. The quantitative estimate of drug-likeness (QED) is 0.870. The Morgan fingerprint density at radius 3 is 2.95 bits per heavy atom. The molecule has 1 aromatic heterocycles. The van der Waals surface area contributed by atoms with Gasteiger partial charge in [0.25, 0.3) is 0 Å². The van der Waals surface area contributed by atoms with Crippen molar-refractivity contribution in [2.75, 3.05) is 13.7 Å². The predicted molar refractivity (Wildman–Crippen MR) is 83.6 cm³/mol. The maximum Gasteiger partial charge on any atom is 0.227 e. The SMILES string of the molecule is COc1ccccc1[C@H]1CCCN1C(=O)Cc1cnn(C)c1. The summed E-state index contributed by atoms with van der Waals surface area (Å²) in [4.78, 5) is 14.6. The first-order valence-electron chi connectivity index (χ1n) is 7.59. The molecule has 1 aliphatic heterocycles. The van der Waals surface area contributed by atoms with Gasteiger partial charge in [0.15, 0.2) is 0 Å². The summed E-state index contributed by atoms with van der Waals surface area (Å²) in [6.45, 7) is 0.807. The van der Waals surface area contributed by atoms with Crippen molar-refractivity contribution in [3.63, 3.8) is 0 Å². The molecule has 0 saturated carbocycles. The van der Waals surface area contributed by atoms with Crippen molar-refractivity contribution in [1.82, 2.24) is 14.7 Å². The molecular formula is C17H21N3O2. The number of aromatic nitrogens is 2. The Balaban J connectivity index is 1.79. The summed E-state index contributed by atoms with van der Waals surface area (Å²) >= 11 is 0. The van der Waals surface area contributed by atoms with Crippen molar-refractivity contribution < 1.29 is 9.53 Å². The molecule has 1 fully saturated rings. The van der Waals surface area contributed by atoms with Crippen molar-refractivity contribution in [3.8, 4) is 5.75 Å². The van der Waals surface area contributed by atoms with Gasteiger partial charge in [-0.15, -0.1) is 0 Å². The van der Waals surface area contributed by atoms with Crippen LogP contribution in [0.2, 0.25) is 0 Å². The third-order valence-corrected chi connectivity index (χ3v) is 4.18. The normalized spacial score (nSPS) is 17.7. The first kappa shape index (κ1) is 14.6. The Bertz CT molecular complexity index is 665. The highest BCUT2D eigenvalue weighted by Gasteiger charge is 2.31. The highest BCUT2D eigenvalue weighted by Crippen LogP contribution is 2.37. The lowest BCUT2D eigenvalue weighted by atomic mass is 10.0. The van der Waals surface area contributed by atoms with Crippen LogP contribution in [0.3, 0.4) is 0 Å². The van der Waals surface area contributed by atoms with E-state index in [-0.39, 0.29) is 11.9 Å². The summed E-state index contributed by atoms with van der Waals surface area (Å²) < 4.78 is 7.18. The van der Waals surface area contributed by atoms with Crippen molar-refractivity contribution >= 4 is 5.91 Å². The van der Waals surface area contributed by atoms with Gasteiger partial charge in [-0.05, 0) is 24.5 Å². The first-order valence-corrected chi connectivity index (χ1v) is 7.59. The van der Waals surface area contributed by atoms with Crippen LogP contribution in [0.15, 0.2) is 36.7 Å². The van der Waals surface area contributed by atoms with Crippen LogP contribution in [0, 0.1) is 0 Å². The Labute approximate surface area is 130 Å². The molecule has 1 aromatic carbocycles. The second-order valence-corrected chi connectivity index (χ2v) is 5.69. The Hall–Kier alpha value is -2.30. The number of para-hydroxylation sites is 1. The number of amides is 1. The summed E-state index contributed by atoms with van der Waals surface area (Å²) in [7, 11) is 3.54. The van der Waals surface area contributed by atoms with Crippen LogP contribution in [-0.4, -0.2) is 34.2 Å². The fourth-order valence-electron chi connectivity index (χ4n) is 3.17. The van der Waals surface area contributed by atoms with Crippen molar-refractivity contribution in [1.29, 1.82) is 0 Å². The standard InChI is InChI=1S/C17H21N3O2/c1-19-12-13(11-18-19)10-17(21)20-9-5-7-15(20)14-6-3-4-8-16(14)22-2/h3-4,6,8,11-12,15H,5,7,9-10H2,1-2H3/t15-/m1/s1. The minimum absolute atomic E-state index is 0.111. The zero-order valence-corrected chi connectivity index (χ0v) is 13.0.